The Hall–Kier alpha value is -2.01. The highest BCUT2D eigenvalue weighted by Gasteiger charge is 2.14. The molecule has 6 heteroatoms. The van der Waals surface area contributed by atoms with Gasteiger partial charge >= 0.3 is 0 Å². The first-order chi connectivity index (χ1) is 11.2. The van der Waals surface area contributed by atoms with E-state index in [0.717, 1.165) is 24.2 Å². The highest BCUT2D eigenvalue weighted by Crippen LogP contribution is 2.24. The highest BCUT2D eigenvalue weighted by atomic mass is 35.5. The molecule has 23 heavy (non-hydrogen) atoms. The first kappa shape index (κ1) is 15.9. The maximum absolute atomic E-state index is 11.4. The topological polar surface area (TPSA) is 67.0 Å². The van der Waals surface area contributed by atoms with E-state index in [1.165, 1.54) is 25.5 Å². The minimum Gasteiger partial charge on any atom is -0.490 e. The number of aromatic nitrogens is 2. The van der Waals surface area contributed by atoms with E-state index in [9.17, 15) is 4.79 Å². The number of nitrogens with zero attached hydrogens (tertiary/aromatic N) is 1. The molecular weight excluding hydrogens is 314 g/mol. The maximum Gasteiger partial charge on any atom is 0.285 e. The predicted molar refractivity (Wildman–Crippen MR) is 91.1 cm³/mol. The molecule has 0 aliphatic heterocycles. The third kappa shape index (κ3) is 4.26. The normalized spacial score (nSPS) is 15.3. The van der Waals surface area contributed by atoms with Crippen LogP contribution in [-0.2, 0) is 6.54 Å². The number of hydrogen-bond acceptors (Lipinski definition) is 4. The Morgan fingerprint density at radius 3 is 2.96 bits per heavy atom. The van der Waals surface area contributed by atoms with E-state index in [2.05, 4.69) is 15.5 Å². The lowest BCUT2D eigenvalue weighted by Gasteiger charge is -2.23. The van der Waals surface area contributed by atoms with Gasteiger partial charge in [0, 0.05) is 6.54 Å². The summed E-state index contributed by atoms with van der Waals surface area (Å²) in [6.45, 7) is 0.548. The van der Waals surface area contributed by atoms with Gasteiger partial charge in [-0.3, -0.25) is 4.79 Å². The van der Waals surface area contributed by atoms with Crippen LogP contribution in [0.1, 0.15) is 37.7 Å². The van der Waals surface area contributed by atoms with Crippen molar-refractivity contribution in [1.29, 1.82) is 0 Å². The molecule has 0 saturated heterocycles. The number of nitrogens with one attached hydrogen (secondary N) is 2. The molecule has 3 rings (SSSR count). The lowest BCUT2D eigenvalue weighted by molar-refractivity contribution is 0.155. The lowest BCUT2D eigenvalue weighted by Crippen LogP contribution is -2.19. The van der Waals surface area contributed by atoms with Crippen LogP contribution in [0.3, 0.4) is 0 Å². The summed E-state index contributed by atoms with van der Waals surface area (Å²) in [6.07, 6.45) is 7.92. The van der Waals surface area contributed by atoms with Crippen molar-refractivity contribution in [2.45, 2.75) is 44.8 Å². The van der Waals surface area contributed by atoms with Crippen LogP contribution in [0.15, 0.2) is 35.3 Å². The summed E-state index contributed by atoms with van der Waals surface area (Å²) in [5, 5.41) is 9.29. The molecule has 1 saturated carbocycles. The van der Waals surface area contributed by atoms with Crippen LogP contribution in [0.2, 0.25) is 5.02 Å². The Kier molecular flexibility index (Phi) is 5.18. The van der Waals surface area contributed by atoms with Gasteiger partial charge < -0.3 is 10.1 Å². The fraction of sp³-hybridized carbons (Fsp3) is 0.412. The van der Waals surface area contributed by atoms with Crippen LogP contribution in [0.4, 0.5) is 5.69 Å². The number of aromatic amines is 1. The van der Waals surface area contributed by atoms with Crippen molar-refractivity contribution in [3.05, 3.63) is 51.4 Å². The molecule has 0 bridgehead atoms. The number of ether oxygens (including phenoxy) is 1. The molecule has 1 aliphatic rings. The summed E-state index contributed by atoms with van der Waals surface area (Å²) in [6, 6.07) is 8.00. The van der Waals surface area contributed by atoms with Crippen molar-refractivity contribution in [2.75, 3.05) is 5.32 Å². The first-order valence-corrected chi connectivity index (χ1v) is 8.33. The van der Waals surface area contributed by atoms with Crippen LogP contribution in [-0.4, -0.2) is 16.3 Å². The zero-order chi connectivity index (χ0) is 16.1. The minimum atomic E-state index is -0.397. The summed E-state index contributed by atoms with van der Waals surface area (Å²) in [4.78, 5) is 11.4. The van der Waals surface area contributed by atoms with Gasteiger partial charge in [-0.15, -0.1) is 0 Å². The largest absolute Gasteiger partial charge is 0.490 e. The summed E-state index contributed by atoms with van der Waals surface area (Å²) >= 11 is 5.95. The van der Waals surface area contributed by atoms with Gasteiger partial charge in [-0.05, 0) is 43.4 Å². The standard InChI is InChI=1S/C17H20ClN3O2/c18-16-15(11-20-21-17(16)22)19-10-12-5-4-8-14(9-12)23-13-6-2-1-3-7-13/h4-5,8-9,11,13H,1-3,6-7,10H2,(H2,19,21,22). The average molecular weight is 334 g/mol. The van der Waals surface area contributed by atoms with Crippen LogP contribution < -0.4 is 15.6 Å². The van der Waals surface area contributed by atoms with Gasteiger partial charge in [-0.25, -0.2) is 5.10 Å². The number of anilines is 1. The first-order valence-electron chi connectivity index (χ1n) is 7.95. The van der Waals surface area contributed by atoms with Gasteiger partial charge in [0.25, 0.3) is 5.56 Å². The predicted octanol–water partition coefficient (Wildman–Crippen LogP) is 3.75. The molecule has 0 atom stereocenters. The fourth-order valence-corrected chi connectivity index (χ4v) is 2.97. The van der Waals surface area contributed by atoms with Crippen LogP contribution in [0, 0.1) is 0 Å². The third-order valence-corrected chi connectivity index (χ3v) is 4.41. The second-order valence-electron chi connectivity index (χ2n) is 5.81. The van der Waals surface area contributed by atoms with Crippen LogP contribution in [0.5, 0.6) is 5.75 Å². The molecule has 1 aliphatic carbocycles. The molecule has 1 heterocycles. The number of H-pyrrole nitrogens is 1. The number of rotatable bonds is 5. The molecule has 0 spiro atoms. The van der Waals surface area contributed by atoms with Crippen molar-refractivity contribution < 1.29 is 4.74 Å². The molecule has 0 unspecified atom stereocenters. The summed E-state index contributed by atoms with van der Waals surface area (Å²) in [7, 11) is 0. The second kappa shape index (κ2) is 7.51. The van der Waals surface area contributed by atoms with Crippen molar-refractivity contribution in [1.82, 2.24) is 10.2 Å². The van der Waals surface area contributed by atoms with Gasteiger partial charge in [0.2, 0.25) is 0 Å². The summed E-state index contributed by atoms with van der Waals surface area (Å²) in [5.41, 5.74) is 1.19. The molecule has 2 N–H and O–H groups in total. The second-order valence-corrected chi connectivity index (χ2v) is 6.18. The fourth-order valence-electron chi connectivity index (χ4n) is 2.81. The smallest absolute Gasteiger partial charge is 0.285 e. The Morgan fingerprint density at radius 1 is 1.30 bits per heavy atom. The van der Waals surface area contributed by atoms with E-state index in [4.69, 9.17) is 16.3 Å². The van der Waals surface area contributed by atoms with E-state index in [1.807, 2.05) is 24.3 Å². The van der Waals surface area contributed by atoms with E-state index in [1.54, 1.807) is 0 Å². The van der Waals surface area contributed by atoms with E-state index < -0.39 is 5.56 Å². The number of halogens is 1. The zero-order valence-corrected chi connectivity index (χ0v) is 13.6. The van der Waals surface area contributed by atoms with Crippen molar-refractivity contribution in [2.24, 2.45) is 0 Å². The Morgan fingerprint density at radius 2 is 2.13 bits per heavy atom. The zero-order valence-electron chi connectivity index (χ0n) is 12.8. The Labute approximate surface area is 140 Å². The molecule has 1 fully saturated rings. The molecule has 5 nitrogen and oxygen atoms in total. The van der Waals surface area contributed by atoms with Crippen LogP contribution >= 0.6 is 11.6 Å². The Balaban J connectivity index is 1.63. The molecule has 122 valence electrons. The van der Waals surface area contributed by atoms with Gasteiger partial charge in [-0.2, -0.15) is 5.10 Å². The van der Waals surface area contributed by atoms with Gasteiger partial charge in [0.05, 0.1) is 18.0 Å². The molecule has 1 aromatic carbocycles. The molecule has 2 aromatic rings. The van der Waals surface area contributed by atoms with Crippen molar-refractivity contribution in [3.8, 4) is 5.75 Å². The quantitative estimate of drug-likeness (QED) is 0.874. The van der Waals surface area contributed by atoms with Gasteiger partial charge in [0.1, 0.15) is 10.8 Å². The maximum atomic E-state index is 11.4. The molecule has 0 amide bonds. The minimum absolute atomic E-state index is 0.120. The highest BCUT2D eigenvalue weighted by molar-refractivity contribution is 6.32. The van der Waals surface area contributed by atoms with Crippen LogP contribution in [0.25, 0.3) is 0 Å². The van der Waals surface area contributed by atoms with E-state index >= 15 is 0 Å². The average Bonchev–Trinajstić information content (AvgIpc) is 2.57. The van der Waals surface area contributed by atoms with E-state index in [-0.39, 0.29) is 5.02 Å². The monoisotopic (exact) mass is 333 g/mol. The van der Waals surface area contributed by atoms with Crippen molar-refractivity contribution in [3.63, 3.8) is 0 Å². The van der Waals surface area contributed by atoms with Gasteiger partial charge in [-0.1, -0.05) is 30.2 Å². The van der Waals surface area contributed by atoms with Gasteiger partial charge in [0.15, 0.2) is 0 Å². The number of hydrogen-bond donors (Lipinski definition) is 2. The third-order valence-electron chi connectivity index (χ3n) is 4.03. The lowest BCUT2D eigenvalue weighted by atomic mass is 9.98. The summed E-state index contributed by atoms with van der Waals surface area (Å²) in [5.74, 6) is 0.895. The summed E-state index contributed by atoms with van der Waals surface area (Å²) < 4.78 is 6.07. The molecule has 1 aromatic heterocycles. The number of benzene rings is 1. The SMILES string of the molecule is O=c1[nH]ncc(NCc2cccc(OC3CCCCC3)c2)c1Cl. The van der Waals surface area contributed by atoms with E-state index in [0.29, 0.717) is 18.3 Å². The molecular formula is C17H20ClN3O2. The van der Waals surface area contributed by atoms with Crippen molar-refractivity contribution >= 4 is 17.3 Å². The Bertz CT molecular complexity index is 711. The molecule has 0 radical (unpaired) electrons.